The van der Waals surface area contributed by atoms with Crippen LogP contribution in [0.5, 0.6) is 0 Å². The lowest BCUT2D eigenvalue weighted by molar-refractivity contribution is 0.115. The van der Waals surface area contributed by atoms with Gasteiger partial charge in [-0.05, 0) is 32.3 Å². The number of carbonyl (C=O) groups is 1. The summed E-state index contributed by atoms with van der Waals surface area (Å²) in [6.07, 6.45) is 0. The van der Waals surface area contributed by atoms with Crippen molar-refractivity contribution in [2.24, 2.45) is 0 Å². The molecule has 0 bridgehead atoms. The van der Waals surface area contributed by atoms with Crippen molar-refractivity contribution < 1.29 is 4.79 Å². The number of hydrogen-bond donors (Lipinski definition) is 2. The molecule has 1 heterocycles. The predicted octanol–water partition coefficient (Wildman–Crippen LogP) is 1.77. The highest BCUT2D eigenvalue weighted by Gasteiger charge is 2.22. The lowest BCUT2D eigenvalue weighted by atomic mass is 10.2. The number of nitrogens with one attached hydrogen (secondary N) is 2. The van der Waals surface area contributed by atoms with Crippen molar-refractivity contribution in [2.75, 3.05) is 64.6 Å². The molecule has 128 valence electrons. The summed E-state index contributed by atoms with van der Waals surface area (Å²) in [4.78, 5) is 18.7. The molecule has 2 rings (SSSR count). The van der Waals surface area contributed by atoms with E-state index in [4.69, 9.17) is 11.6 Å². The predicted molar refractivity (Wildman–Crippen MR) is 96.7 cm³/mol. The normalized spacial score (nSPS) is 19.4. The first-order valence-electron chi connectivity index (χ1n) is 7.77. The molecule has 1 aliphatic rings. The number of piperazine rings is 1. The molecule has 0 aromatic heterocycles. The number of urea groups is 1. The minimum atomic E-state index is -0.211. The molecular formula is C16H26ClN5O. The Kier molecular flexibility index (Phi) is 6.10. The topological polar surface area (TPSA) is 50.9 Å². The van der Waals surface area contributed by atoms with E-state index in [1.54, 1.807) is 6.07 Å². The lowest BCUT2D eigenvalue weighted by Crippen LogP contribution is -2.54. The molecule has 7 heteroatoms. The molecule has 0 unspecified atom stereocenters. The van der Waals surface area contributed by atoms with E-state index >= 15 is 0 Å². The van der Waals surface area contributed by atoms with Crippen LogP contribution in [0.3, 0.4) is 0 Å². The number of likely N-dealkylation sites (N-methyl/N-ethyl adjacent to an activating group) is 2. The number of rotatable bonds is 4. The van der Waals surface area contributed by atoms with Gasteiger partial charge in [0.15, 0.2) is 0 Å². The zero-order valence-corrected chi connectivity index (χ0v) is 15.0. The third-order valence-electron chi connectivity index (χ3n) is 4.17. The summed E-state index contributed by atoms with van der Waals surface area (Å²) in [5, 5.41) is 6.44. The molecule has 1 aliphatic heterocycles. The molecule has 0 aliphatic carbocycles. The SMILES string of the molecule is CN1CCN(C)[C@@H](CNC(=O)Nc2cc(Cl)ccc2N(C)C)C1. The fraction of sp³-hybridized carbons (Fsp3) is 0.562. The molecule has 1 saturated heterocycles. The van der Waals surface area contributed by atoms with E-state index < -0.39 is 0 Å². The summed E-state index contributed by atoms with van der Waals surface area (Å²) in [6.45, 7) is 3.65. The zero-order valence-electron chi connectivity index (χ0n) is 14.3. The Morgan fingerprint density at radius 3 is 2.78 bits per heavy atom. The van der Waals surface area contributed by atoms with E-state index in [1.165, 1.54) is 0 Å². The highest BCUT2D eigenvalue weighted by atomic mass is 35.5. The van der Waals surface area contributed by atoms with Gasteiger partial charge in [0.05, 0.1) is 11.4 Å². The first kappa shape index (κ1) is 17.8. The van der Waals surface area contributed by atoms with Gasteiger partial charge in [0.2, 0.25) is 0 Å². The number of carbonyl (C=O) groups excluding carboxylic acids is 1. The fourth-order valence-corrected chi connectivity index (χ4v) is 2.87. The number of amides is 2. The van der Waals surface area contributed by atoms with Gasteiger partial charge in [-0.25, -0.2) is 4.79 Å². The standard InChI is InChI=1S/C16H26ClN5O/c1-20(2)15-6-5-12(17)9-14(15)19-16(23)18-10-13-11-21(3)7-8-22(13)4/h5-6,9,13H,7-8,10-11H2,1-4H3,(H2,18,19,23)/t13-/m0/s1. The van der Waals surface area contributed by atoms with Gasteiger partial charge in [0.25, 0.3) is 0 Å². The molecule has 2 amide bonds. The quantitative estimate of drug-likeness (QED) is 0.878. The van der Waals surface area contributed by atoms with Crippen molar-refractivity contribution in [1.29, 1.82) is 0 Å². The number of halogens is 1. The lowest BCUT2D eigenvalue weighted by Gasteiger charge is -2.37. The maximum Gasteiger partial charge on any atom is 0.319 e. The first-order chi connectivity index (χ1) is 10.9. The molecule has 2 N–H and O–H groups in total. The molecule has 0 saturated carbocycles. The van der Waals surface area contributed by atoms with Crippen LogP contribution in [0.2, 0.25) is 5.02 Å². The van der Waals surface area contributed by atoms with E-state index in [-0.39, 0.29) is 6.03 Å². The molecule has 1 aromatic rings. The fourth-order valence-electron chi connectivity index (χ4n) is 2.70. The maximum absolute atomic E-state index is 12.2. The van der Waals surface area contributed by atoms with Crippen LogP contribution in [0.4, 0.5) is 16.2 Å². The molecule has 1 atom stereocenters. The van der Waals surface area contributed by atoms with E-state index in [0.717, 1.165) is 25.3 Å². The summed E-state index contributed by atoms with van der Waals surface area (Å²) in [6, 6.07) is 5.58. The van der Waals surface area contributed by atoms with Crippen molar-refractivity contribution >= 4 is 29.0 Å². The Balaban J connectivity index is 1.93. The van der Waals surface area contributed by atoms with Crippen LogP contribution in [0.1, 0.15) is 0 Å². The van der Waals surface area contributed by atoms with E-state index in [2.05, 4.69) is 34.5 Å². The second-order valence-corrected chi connectivity index (χ2v) is 6.72. The molecule has 1 fully saturated rings. The minimum absolute atomic E-state index is 0.211. The van der Waals surface area contributed by atoms with Gasteiger partial charge in [-0.2, -0.15) is 0 Å². The number of benzene rings is 1. The number of hydrogen-bond acceptors (Lipinski definition) is 4. The second kappa shape index (κ2) is 7.86. The summed E-state index contributed by atoms with van der Waals surface area (Å²) in [7, 11) is 8.06. The Morgan fingerprint density at radius 2 is 2.09 bits per heavy atom. The summed E-state index contributed by atoms with van der Waals surface area (Å²) < 4.78 is 0. The monoisotopic (exact) mass is 339 g/mol. The minimum Gasteiger partial charge on any atom is -0.376 e. The van der Waals surface area contributed by atoms with Crippen LogP contribution in [-0.2, 0) is 0 Å². The first-order valence-corrected chi connectivity index (χ1v) is 8.15. The van der Waals surface area contributed by atoms with Gasteiger partial charge in [0.1, 0.15) is 0 Å². The molecule has 1 aromatic carbocycles. The van der Waals surface area contributed by atoms with E-state index in [1.807, 2.05) is 31.1 Å². The Morgan fingerprint density at radius 1 is 1.35 bits per heavy atom. The average Bonchev–Trinajstić information content (AvgIpc) is 2.48. The highest BCUT2D eigenvalue weighted by Crippen LogP contribution is 2.27. The third-order valence-corrected chi connectivity index (χ3v) is 4.40. The van der Waals surface area contributed by atoms with Crippen LogP contribution in [-0.4, -0.2) is 76.2 Å². The van der Waals surface area contributed by atoms with Gasteiger partial charge in [-0.15, -0.1) is 0 Å². The van der Waals surface area contributed by atoms with Gasteiger partial charge in [-0.1, -0.05) is 11.6 Å². The summed E-state index contributed by atoms with van der Waals surface area (Å²) >= 11 is 6.04. The van der Waals surface area contributed by atoms with Crippen LogP contribution < -0.4 is 15.5 Å². The second-order valence-electron chi connectivity index (χ2n) is 6.29. The molecular weight excluding hydrogens is 314 g/mol. The number of anilines is 2. The Hall–Kier alpha value is -1.50. The summed E-state index contributed by atoms with van der Waals surface area (Å²) in [5.74, 6) is 0. The largest absolute Gasteiger partial charge is 0.376 e. The van der Waals surface area contributed by atoms with Crippen LogP contribution in [0.25, 0.3) is 0 Å². The Bertz CT molecular complexity index is 551. The maximum atomic E-state index is 12.2. The van der Waals surface area contributed by atoms with Gasteiger partial charge >= 0.3 is 6.03 Å². The van der Waals surface area contributed by atoms with Gasteiger partial charge < -0.3 is 20.4 Å². The highest BCUT2D eigenvalue weighted by molar-refractivity contribution is 6.31. The average molecular weight is 340 g/mol. The molecule has 0 spiro atoms. The summed E-state index contributed by atoms with van der Waals surface area (Å²) in [5.41, 5.74) is 1.62. The van der Waals surface area contributed by atoms with Crippen LogP contribution in [0.15, 0.2) is 18.2 Å². The van der Waals surface area contributed by atoms with Crippen LogP contribution in [0, 0.1) is 0 Å². The van der Waals surface area contributed by atoms with Crippen molar-refractivity contribution in [1.82, 2.24) is 15.1 Å². The van der Waals surface area contributed by atoms with Crippen LogP contribution >= 0.6 is 11.6 Å². The molecule has 0 radical (unpaired) electrons. The zero-order chi connectivity index (χ0) is 17.0. The van der Waals surface area contributed by atoms with Crippen molar-refractivity contribution in [3.05, 3.63) is 23.2 Å². The molecule has 23 heavy (non-hydrogen) atoms. The van der Waals surface area contributed by atoms with E-state index in [0.29, 0.717) is 23.3 Å². The third kappa shape index (κ3) is 4.99. The van der Waals surface area contributed by atoms with Crippen molar-refractivity contribution in [3.8, 4) is 0 Å². The smallest absolute Gasteiger partial charge is 0.319 e. The molecule has 6 nitrogen and oxygen atoms in total. The number of nitrogens with zero attached hydrogens (tertiary/aromatic N) is 3. The van der Waals surface area contributed by atoms with E-state index in [9.17, 15) is 4.79 Å². The van der Waals surface area contributed by atoms with Gasteiger partial charge in [-0.3, -0.25) is 4.90 Å². The van der Waals surface area contributed by atoms with Crippen molar-refractivity contribution in [3.63, 3.8) is 0 Å². The van der Waals surface area contributed by atoms with Crippen molar-refractivity contribution in [2.45, 2.75) is 6.04 Å². The van der Waals surface area contributed by atoms with Gasteiger partial charge in [0, 0.05) is 51.3 Å². The Labute approximate surface area is 143 Å².